The van der Waals surface area contributed by atoms with Crippen molar-refractivity contribution in [2.75, 3.05) is 0 Å². The van der Waals surface area contributed by atoms with Gasteiger partial charge >= 0.3 is 6.09 Å². The minimum absolute atomic E-state index is 0.0786. The van der Waals surface area contributed by atoms with Crippen molar-refractivity contribution in [2.24, 2.45) is 11.8 Å². The molecule has 1 aromatic rings. The van der Waals surface area contributed by atoms with E-state index in [-0.39, 0.29) is 18.4 Å². The lowest BCUT2D eigenvalue weighted by atomic mass is 9.97. The zero-order valence-electron chi connectivity index (χ0n) is 15.7. The van der Waals surface area contributed by atoms with Crippen LogP contribution in [0.1, 0.15) is 39.7 Å². The molecule has 0 fully saturated rings. The first kappa shape index (κ1) is 21.5. The number of hydrogen-bond donors (Lipinski definition) is 2. The summed E-state index contributed by atoms with van der Waals surface area (Å²) in [7, 11) is 0. The molecule has 0 aliphatic rings. The van der Waals surface area contributed by atoms with Crippen molar-refractivity contribution >= 4 is 18.0 Å². The average Bonchev–Trinajstić information content (AvgIpc) is 2.61. The van der Waals surface area contributed by atoms with Crippen LogP contribution in [-0.4, -0.2) is 30.1 Å². The summed E-state index contributed by atoms with van der Waals surface area (Å²) >= 11 is 0. The number of ether oxygens (including phenoxy) is 1. The molecule has 0 saturated heterocycles. The normalized spacial score (nSPS) is 14.2. The van der Waals surface area contributed by atoms with Crippen LogP contribution >= 0.6 is 0 Å². The molecule has 0 aliphatic carbocycles. The highest BCUT2D eigenvalue weighted by Gasteiger charge is 2.29. The van der Waals surface area contributed by atoms with Crippen LogP contribution in [0.2, 0.25) is 0 Å². The lowest BCUT2D eigenvalue weighted by Gasteiger charge is -2.28. The Balaban J connectivity index is 2.71. The van der Waals surface area contributed by atoms with Crippen LogP contribution in [0.5, 0.6) is 0 Å². The number of carbonyl (C=O) groups excluding carboxylic acids is 3. The number of benzene rings is 1. The van der Waals surface area contributed by atoms with E-state index in [1.165, 1.54) is 0 Å². The second-order valence-corrected chi connectivity index (χ2v) is 6.62. The van der Waals surface area contributed by atoms with Crippen molar-refractivity contribution in [3.05, 3.63) is 35.9 Å². The number of carboxylic acid groups (broad SMARTS) is 1. The average molecular weight is 363 g/mol. The molecule has 1 aromatic carbocycles. The lowest BCUT2D eigenvalue weighted by Crippen LogP contribution is -2.57. The van der Waals surface area contributed by atoms with Gasteiger partial charge < -0.3 is 25.3 Å². The zero-order valence-corrected chi connectivity index (χ0v) is 15.7. The smallest absolute Gasteiger partial charge is 0.408 e. The molecule has 7 nitrogen and oxygen atoms in total. The van der Waals surface area contributed by atoms with E-state index in [2.05, 4.69) is 10.6 Å². The Morgan fingerprint density at radius 1 is 1.04 bits per heavy atom. The Hall–Kier alpha value is -2.57. The summed E-state index contributed by atoms with van der Waals surface area (Å²) in [6, 6.07) is 7.13. The third-order valence-electron chi connectivity index (χ3n) is 4.20. The van der Waals surface area contributed by atoms with Gasteiger partial charge in [-0.3, -0.25) is 4.79 Å². The Morgan fingerprint density at radius 3 is 2.15 bits per heavy atom. The van der Waals surface area contributed by atoms with Gasteiger partial charge in [-0.1, -0.05) is 64.4 Å². The van der Waals surface area contributed by atoms with Gasteiger partial charge in [0.05, 0.1) is 12.0 Å². The van der Waals surface area contributed by atoms with Crippen LogP contribution in [0, 0.1) is 11.8 Å². The number of alkyl carbamates (subject to hydrolysis) is 1. The van der Waals surface area contributed by atoms with E-state index < -0.39 is 30.1 Å². The summed E-state index contributed by atoms with van der Waals surface area (Å²) in [5, 5.41) is 16.2. The first-order valence-electron chi connectivity index (χ1n) is 8.74. The number of aliphatic carboxylic acids is 1. The zero-order chi connectivity index (χ0) is 19.7. The number of carboxylic acids is 1. The van der Waals surface area contributed by atoms with Crippen LogP contribution in [0.4, 0.5) is 4.79 Å². The molecule has 144 valence electrons. The SMILES string of the molecule is CC[C@H](C)[C@H](NC(=O)OCc1ccccc1)C(=O)N[C@H](C(=O)[O-])C(C)C. The van der Waals surface area contributed by atoms with Crippen LogP contribution in [-0.2, 0) is 20.9 Å². The van der Waals surface area contributed by atoms with Gasteiger partial charge in [-0.15, -0.1) is 0 Å². The standard InChI is InChI=1S/C19H28N2O5/c1-5-13(4)16(17(22)20-15(12(2)3)18(23)24)21-19(25)26-11-14-9-7-6-8-10-14/h6-10,12-13,15-16H,5,11H2,1-4H3,(H,20,22)(H,21,25)(H,23,24)/p-1/t13-,15-,16-/m0/s1. The van der Waals surface area contributed by atoms with Gasteiger partial charge in [0.15, 0.2) is 0 Å². The number of hydrogen-bond acceptors (Lipinski definition) is 5. The molecular formula is C19H27N2O5-. The number of amides is 2. The topological polar surface area (TPSA) is 108 Å². The summed E-state index contributed by atoms with van der Waals surface area (Å²) in [5.74, 6) is -2.47. The Labute approximate surface area is 154 Å². The fourth-order valence-electron chi connectivity index (χ4n) is 2.33. The number of nitrogens with one attached hydrogen (secondary N) is 2. The minimum Gasteiger partial charge on any atom is -0.548 e. The van der Waals surface area contributed by atoms with Crippen LogP contribution in [0.3, 0.4) is 0 Å². The second-order valence-electron chi connectivity index (χ2n) is 6.62. The van der Waals surface area contributed by atoms with E-state index in [1.807, 2.05) is 37.3 Å². The predicted molar refractivity (Wildman–Crippen MR) is 94.8 cm³/mol. The fourth-order valence-corrected chi connectivity index (χ4v) is 2.33. The first-order valence-corrected chi connectivity index (χ1v) is 8.74. The first-order chi connectivity index (χ1) is 12.3. The summed E-state index contributed by atoms with van der Waals surface area (Å²) in [6.07, 6.45) is -0.113. The van der Waals surface area contributed by atoms with E-state index in [9.17, 15) is 19.5 Å². The van der Waals surface area contributed by atoms with E-state index in [1.54, 1.807) is 20.8 Å². The van der Waals surface area contributed by atoms with Gasteiger partial charge in [0.25, 0.3) is 0 Å². The van der Waals surface area contributed by atoms with E-state index in [0.717, 1.165) is 5.56 Å². The molecule has 7 heteroatoms. The molecular weight excluding hydrogens is 336 g/mol. The quantitative estimate of drug-likeness (QED) is 0.686. The van der Waals surface area contributed by atoms with Gasteiger partial charge in [0.2, 0.25) is 5.91 Å². The summed E-state index contributed by atoms with van der Waals surface area (Å²) in [4.78, 5) is 35.7. The van der Waals surface area contributed by atoms with Crippen molar-refractivity contribution in [1.82, 2.24) is 10.6 Å². The highest BCUT2D eigenvalue weighted by Crippen LogP contribution is 2.10. The van der Waals surface area contributed by atoms with E-state index in [4.69, 9.17) is 4.74 Å². The molecule has 0 radical (unpaired) electrons. The summed E-state index contributed by atoms with van der Waals surface area (Å²) in [6.45, 7) is 7.09. The maximum Gasteiger partial charge on any atom is 0.408 e. The van der Waals surface area contributed by atoms with Crippen molar-refractivity contribution in [3.8, 4) is 0 Å². The second kappa shape index (κ2) is 10.4. The third kappa shape index (κ3) is 6.74. The summed E-state index contributed by atoms with van der Waals surface area (Å²) < 4.78 is 5.14. The monoisotopic (exact) mass is 363 g/mol. The van der Waals surface area contributed by atoms with Crippen molar-refractivity contribution in [2.45, 2.75) is 52.8 Å². The van der Waals surface area contributed by atoms with Gasteiger partial charge in [-0.25, -0.2) is 4.79 Å². The molecule has 3 atom stereocenters. The number of carbonyl (C=O) groups is 3. The Morgan fingerprint density at radius 2 is 1.65 bits per heavy atom. The molecule has 0 spiro atoms. The Bertz CT molecular complexity index is 603. The van der Waals surface area contributed by atoms with Gasteiger partial charge in [-0.05, 0) is 17.4 Å². The molecule has 0 heterocycles. The molecule has 0 saturated carbocycles. The van der Waals surface area contributed by atoms with Gasteiger partial charge in [-0.2, -0.15) is 0 Å². The maximum absolute atomic E-state index is 12.5. The van der Waals surface area contributed by atoms with Crippen molar-refractivity contribution in [3.63, 3.8) is 0 Å². The molecule has 1 rings (SSSR count). The minimum atomic E-state index is -1.36. The molecule has 0 bridgehead atoms. The Kier molecular flexibility index (Phi) is 8.61. The predicted octanol–water partition coefficient (Wildman–Crippen LogP) is 1.22. The van der Waals surface area contributed by atoms with Crippen LogP contribution in [0.15, 0.2) is 30.3 Å². The van der Waals surface area contributed by atoms with Crippen molar-refractivity contribution < 1.29 is 24.2 Å². The molecule has 0 aliphatic heterocycles. The van der Waals surface area contributed by atoms with Crippen molar-refractivity contribution in [1.29, 1.82) is 0 Å². The van der Waals surface area contributed by atoms with Gasteiger partial charge in [0.1, 0.15) is 12.6 Å². The van der Waals surface area contributed by atoms with E-state index in [0.29, 0.717) is 6.42 Å². The largest absolute Gasteiger partial charge is 0.548 e. The highest BCUT2D eigenvalue weighted by atomic mass is 16.5. The fraction of sp³-hybridized carbons (Fsp3) is 0.526. The molecule has 2 amide bonds. The lowest BCUT2D eigenvalue weighted by molar-refractivity contribution is -0.309. The summed E-state index contributed by atoms with van der Waals surface area (Å²) in [5.41, 5.74) is 0.823. The molecule has 0 unspecified atom stereocenters. The van der Waals surface area contributed by atoms with Crippen LogP contribution < -0.4 is 15.7 Å². The molecule has 2 N–H and O–H groups in total. The number of rotatable bonds is 9. The molecule has 0 aromatic heterocycles. The highest BCUT2D eigenvalue weighted by molar-refractivity contribution is 5.89. The third-order valence-corrected chi connectivity index (χ3v) is 4.20. The van der Waals surface area contributed by atoms with Crippen LogP contribution in [0.25, 0.3) is 0 Å². The van der Waals surface area contributed by atoms with Gasteiger partial charge in [0, 0.05) is 0 Å². The van der Waals surface area contributed by atoms with E-state index >= 15 is 0 Å². The molecule has 26 heavy (non-hydrogen) atoms. The maximum atomic E-state index is 12.5.